The molecule has 2 N–H and O–H groups in total. The number of amides is 2. The first kappa shape index (κ1) is 19.9. The number of likely N-dealkylation sites (N-methyl/N-ethyl adjacent to an activating group) is 1. The van der Waals surface area contributed by atoms with Crippen molar-refractivity contribution in [2.24, 2.45) is 0 Å². The average molecular weight is 415 g/mol. The molecule has 0 spiro atoms. The molecule has 4 rings (SSSR count). The van der Waals surface area contributed by atoms with Gasteiger partial charge >= 0.3 is 0 Å². The van der Waals surface area contributed by atoms with Gasteiger partial charge in [-0.2, -0.15) is 0 Å². The minimum Gasteiger partial charge on any atom is -0.353 e. The van der Waals surface area contributed by atoms with Gasteiger partial charge in [0.2, 0.25) is 11.8 Å². The van der Waals surface area contributed by atoms with Gasteiger partial charge in [-0.15, -0.1) is 5.10 Å². The van der Waals surface area contributed by atoms with E-state index in [1.165, 1.54) is 11.5 Å². The third-order valence-corrected chi connectivity index (χ3v) is 6.44. The Morgan fingerprint density at radius 2 is 2.17 bits per heavy atom. The van der Waals surface area contributed by atoms with Crippen LogP contribution >= 0.6 is 11.5 Å². The predicted molar refractivity (Wildman–Crippen MR) is 111 cm³/mol. The molecule has 154 valence electrons. The van der Waals surface area contributed by atoms with Crippen LogP contribution in [0.2, 0.25) is 0 Å². The summed E-state index contributed by atoms with van der Waals surface area (Å²) in [5.74, 6) is 0.0691. The number of hydrogen-bond acceptors (Lipinski definition) is 7. The van der Waals surface area contributed by atoms with Gasteiger partial charge in [-0.05, 0) is 43.6 Å². The van der Waals surface area contributed by atoms with E-state index in [-0.39, 0.29) is 29.9 Å². The van der Waals surface area contributed by atoms with Crippen LogP contribution < -0.4 is 10.6 Å². The fourth-order valence-corrected chi connectivity index (χ4v) is 4.77. The maximum atomic E-state index is 12.8. The number of para-hydroxylation sites is 1. The van der Waals surface area contributed by atoms with Crippen LogP contribution in [-0.4, -0.2) is 69.5 Å². The number of hydrogen-bond donors (Lipinski definition) is 2. The van der Waals surface area contributed by atoms with Crippen molar-refractivity contribution in [2.75, 3.05) is 25.5 Å². The molecule has 3 atom stereocenters. The number of carbonyl (C=O) groups excluding carboxylic acids is 2. The van der Waals surface area contributed by atoms with E-state index in [0.717, 1.165) is 24.3 Å². The standard InChI is InChI=1S/C20H26N6O2S/c1-25-16(7-8-18(27)22-14-5-3-2-4-6-14)11-21-20(28)19-17(25)9-10-26(19)12-15-13-29-24-23-15/h2-6,13,16-17,19H,7-12H2,1H3,(H,21,28)(H,22,27)/t16-,17+,19-/m0/s1. The zero-order valence-electron chi connectivity index (χ0n) is 16.5. The summed E-state index contributed by atoms with van der Waals surface area (Å²) in [6, 6.07) is 9.57. The molecule has 2 saturated heterocycles. The third-order valence-electron chi connectivity index (χ3n) is 5.88. The molecule has 0 bridgehead atoms. The van der Waals surface area contributed by atoms with Crippen molar-refractivity contribution in [3.05, 3.63) is 41.4 Å². The van der Waals surface area contributed by atoms with Crippen LogP contribution in [-0.2, 0) is 16.1 Å². The Morgan fingerprint density at radius 3 is 2.93 bits per heavy atom. The fraction of sp³-hybridized carbons (Fsp3) is 0.500. The molecule has 1 aromatic carbocycles. The van der Waals surface area contributed by atoms with Gasteiger partial charge in [0.05, 0.1) is 5.69 Å². The smallest absolute Gasteiger partial charge is 0.239 e. The highest BCUT2D eigenvalue weighted by atomic mass is 32.1. The minimum absolute atomic E-state index is 0.000745. The second-order valence-corrected chi connectivity index (χ2v) is 8.29. The van der Waals surface area contributed by atoms with Crippen LogP contribution in [0.1, 0.15) is 25.0 Å². The molecule has 2 aliphatic heterocycles. The summed E-state index contributed by atoms with van der Waals surface area (Å²) in [5, 5.41) is 12.1. The quantitative estimate of drug-likeness (QED) is 0.741. The van der Waals surface area contributed by atoms with E-state index in [1.54, 1.807) is 0 Å². The maximum Gasteiger partial charge on any atom is 0.239 e. The molecule has 8 nitrogen and oxygen atoms in total. The van der Waals surface area contributed by atoms with E-state index in [0.29, 0.717) is 25.9 Å². The lowest BCUT2D eigenvalue weighted by Crippen LogP contribution is -2.49. The van der Waals surface area contributed by atoms with Gasteiger partial charge in [0.1, 0.15) is 6.04 Å². The van der Waals surface area contributed by atoms with Crippen molar-refractivity contribution < 1.29 is 9.59 Å². The van der Waals surface area contributed by atoms with E-state index >= 15 is 0 Å². The molecular weight excluding hydrogens is 388 g/mol. The number of carbonyl (C=O) groups is 2. The first-order valence-corrected chi connectivity index (χ1v) is 10.8. The second-order valence-electron chi connectivity index (χ2n) is 7.68. The lowest BCUT2D eigenvalue weighted by molar-refractivity contribution is -0.126. The van der Waals surface area contributed by atoms with Gasteiger partial charge in [-0.1, -0.05) is 22.7 Å². The molecular formula is C20H26N6O2S. The molecule has 2 aromatic rings. The summed E-state index contributed by atoms with van der Waals surface area (Å²) in [6.45, 7) is 2.06. The van der Waals surface area contributed by atoms with Gasteiger partial charge in [-0.25, -0.2) is 0 Å². The highest BCUT2D eigenvalue weighted by Crippen LogP contribution is 2.28. The number of nitrogens with zero attached hydrogens (tertiary/aromatic N) is 4. The maximum absolute atomic E-state index is 12.8. The molecule has 29 heavy (non-hydrogen) atoms. The molecule has 0 aliphatic carbocycles. The second kappa shape index (κ2) is 8.98. The summed E-state index contributed by atoms with van der Waals surface area (Å²) in [5.41, 5.74) is 1.72. The fourth-order valence-electron chi connectivity index (χ4n) is 4.33. The number of benzene rings is 1. The van der Waals surface area contributed by atoms with Crippen LogP contribution in [0.25, 0.3) is 0 Å². The molecule has 2 aliphatic rings. The molecule has 2 fully saturated rings. The van der Waals surface area contributed by atoms with Gasteiger partial charge < -0.3 is 10.6 Å². The van der Waals surface area contributed by atoms with E-state index in [9.17, 15) is 9.59 Å². The first-order valence-electron chi connectivity index (χ1n) is 9.96. The molecule has 0 saturated carbocycles. The summed E-state index contributed by atoms with van der Waals surface area (Å²) >= 11 is 1.33. The zero-order chi connectivity index (χ0) is 20.2. The molecule has 2 amide bonds. The Labute approximate surface area is 174 Å². The topological polar surface area (TPSA) is 90.5 Å². The minimum atomic E-state index is -0.190. The number of rotatable bonds is 6. The molecule has 3 heterocycles. The number of aromatic nitrogens is 2. The number of fused-ring (bicyclic) bond motifs is 1. The lowest BCUT2D eigenvalue weighted by atomic mass is 10.0. The van der Waals surface area contributed by atoms with Gasteiger partial charge in [0.25, 0.3) is 0 Å². The van der Waals surface area contributed by atoms with Crippen LogP contribution in [0.5, 0.6) is 0 Å². The Morgan fingerprint density at radius 1 is 1.34 bits per heavy atom. The molecule has 9 heteroatoms. The van der Waals surface area contributed by atoms with Crippen LogP contribution in [0.3, 0.4) is 0 Å². The predicted octanol–water partition coefficient (Wildman–Crippen LogP) is 1.33. The van der Waals surface area contributed by atoms with Gasteiger partial charge in [-0.3, -0.25) is 19.4 Å². The van der Waals surface area contributed by atoms with Crippen molar-refractivity contribution in [1.29, 1.82) is 0 Å². The number of likely N-dealkylation sites (tertiary alicyclic amines) is 1. The highest BCUT2D eigenvalue weighted by Gasteiger charge is 2.45. The summed E-state index contributed by atoms with van der Waals surface area (Å²) in [7, 11) is 2.08. The zero-order valence-corrected chi connectivity index (χ0v) is 17.3. The van der Waals surface area contributed by atoms with Crippen LogP contribution in [0, 0.1) is 0 Å². The Balaban J connectivity index is 1.36. The Hall–Kier alpha value is -2.36. The average Bonchev–Trinajstić information content (AvgIpc) is 3.36. The van der Waals surface area contributed by atoms with Crippen LogP contribution in [0.15, 0.2) is 35.7 Å². The Bertz CT molecular complexity index is 831. The summed E-state index contributed by atoms with van der Waals surface area (Å²) < 4.78 is 3.92. The van der Waals surface area contributed by atoms with Crippen molar-refractivity contribution in [2.45, 2.75) is 43.9 Å². The Kier molecular flexibility index (Phi) is 6.17. The van der Waals surface area contributed by atoms with E-state index in [1.807, 2.05) is 35.7 Å². The summed E-state index contributed by atoms with van der Waals surface area (Å²) in [4.78, 5) is 29.6. The number of anilines is 1. The SMILES string of the molecule is CN1[C@@H](CCC(=O)Nc2ccccc2)CNC(=O)[C@@H]2[C@H]1CCN2Cc1csnn1. The monoisotopic (exact) mass is 414 g/mol. The first-order chi connectivity index (χ1) is 14.1. The van der Waals surface area contributed by atoms with Crippen molar-refractivity contribution in [3.8, 4) is 0 Å². The third kappa shape index (κ3) is 4.63. The van der Waals surface area contributed by atoms with E-state index in [2.05, 4.69) is 37.1 Å². The van der Waals surface area contributed by atoms with Gasteiger partial charge in [0, 0.05) is 49.2 Å². The summed E-state index contributed by atoms with van der Waals surface area (Å²) in [6.07, 6.45) is 2.05. The van der Waals surface area contributed by atoms with Crippen molar-refractivity contribution >= 4 is 29.0 Å². The van der Waals surface area contributed by atoms with E-state index < -0.39 is 0 Å². The lowest BCUT2D eigenvalue weighted by Gasteiger charge is -2.33. The van der Waals surface area contributed by atoms with Gasteiger partial charge in [0.15, 0.2) is 0 Å². The molecule has 1 aromatic heterocycles. The molecule has 0 unspecified atom stereocenters. The normalized spacial score (nSPS) is 25.3. The molecule has 0 radical (unpaired) electrons. The highest BCUT2D eigenvalue weighted by molar-refractivity contribution is 7.03. The van der Waals surface area contributed by atoms with Crippen molar-refractivity contribution in [1.82, 2.24) is 24.7 Å². The largest absolute Gasteiger partial charge is 0.353 e. The van der Waals surface area contributed by atoms with Crippen LogP contribution in [0.4, 0.5) is 5.69 Å². The van der Waals surface area contributed by atoms with E-state index in [4.69, 9.17) is 0 Å². The van der Waals surface area contributed by atoms with Crippen molar-refractivity contribution in [3.63, 3.8) is 0 Å². The number of nitrogens with one attached hydrogen (secondary N) is 2.